The van der Waals surface area contributed by atoms with E-state index in [0.717, 1.165) is 41.8 Å². The molecule has 0 spiro atoms. The molecule has 0 saturated heterocycles. The molecule has 114 valence electrons. The number of nitrogens with one attached hydrogen (secondary N) is 1. The summed E-state index contributed by atoms with van der Waals surface area (Å²) in [6.07, 6.45) is 3.71. The standard InChI is InChI=1S/C16H23BrN4/c1-4-12-10-13(21(6-3)20-12)11-15(18-5-2)16-14(17)8-7-9-19-16/h7-10,15,18H,4-6,11H2,1-3H3. The number of likely N-dealkylation sites (N-methyl/N-ethyl adjacent to an activating group) is 1. The minimum Gasteiger partial charge on any atom is -0.309 e. The normalized spacial score (nSPS) is 12.6. The third-order valence-electron chi connectivity index (χ3n) is 3.56. The summed E-state index contributed by atoms with van der Waals surface area (Å²) in [5.74, 6) is 0. The Labute approximate surface area is 135 Å². The number of rotatable bonds is 7. The molecular formula is C16H23BrN4. The van der Waals surface area contributed by atoms with Crippen LogP contribution in [0, 0.1) is 0 Å². The van der Waals surface area contributed by atoms with E-state index >= 15 is 0 Å². The van der Waals surface area contributed by atoms with E-state index in [1.165, 1.54) is 5.69 Å². The van der Waals surface area contributed by atoms with Crippen LogP contribution in [-0.2, 0) is 19.4 Å². The molecule has 1 unspecified atom stereocenters. The SMILES string of the molecule is CCNC(Cc1cc(CC)nn1CC)c1ncccc1Br. The van der Waals surface area contributed by atoms with Gasteiger partial charge in [-0.3, -0.25) is 9.67 Å². The lowest BCUT2D eigenvalue weighted by molar-refractivity contribution is 0.505. The Morgan fingerprint density at radius 1 is 1.33 bits per heavy atom. The van der Waals surface area contributed by atoms with Crippen molar-refractivity contribution < 1.29 is 0 Å². The van der Waals surface area contributed by atoms with Crippen molar-refractivity contribution in [2.24, 2.45) is 0 Å². The first-order chi connectivity index (χ1) is 10.2. The number of hydrogen-bond acceptors (Lipinski definition) is 3. The van der Waals surface area contributed by atoms with Crippen molar-refractivity contribution in [1.29, 1.82) is 0 Å². The number of hydrogen-bond donors (Lipinski definition) is 1. The summed E-state index contributed by atoms with van der Waals surface area (Å²) in [5, 5.41) is 8.17. The lowest BCUT2D eigenvalue weighted by Crippen LogP contribution is -2.25. The Balaban J connectivity index is 2.28. The van der Waals surface area contributed by atoms with Gasteiger partial charge in [0.25, 0.3) is 0 Å². The fraction of sp³-hybridized carbons (Fsp3) is 0.500. The third-order valence-corrected chi connectivity index (χ3v) is 4.23. The second-order valence-electron chi connectivity index (χ2n) is 4.98. The van der Waals surface area contributed by atoms with Crippen LogP contribution in [0.4, 0.5) is 0 Å². The van der Waals surface area contributed by atoms with Gasteiger partial charge in [-0.1, -0.05) is 13.8 Å². The summed E-state index contributed by atoms with van der Waals surface area (Å²) in [6, 6.07) is 6.39. The molecule has 2 rings (SSSR count). The minimum atomic E-state index is 0.192. The quantitative estimate of drug-likeness (QED) is 0.830. The Morgan fingerprint density at radius 3 is 2.76 bits per heavy atom. The van der Waals surface area contributed by atoms with Crippen molar-refractivity contribution >= 4 is 15.9 Å². The van der Waals surface area contributed by atoms with Gasteiger partial charge < -0.3 is 5.32 Å². The molecule has 2 aromatic rings. The summed E-state index contributed by atoms with van der Waals surface area (Å²) in [4.78, 5) is 4.54. The van der Waals surface area contributed by atoms with E-state index in [1.807, 2.05) is 18.3 Å². The van der Waals surface area contributed by atoms with E-state index < -0.39 is 0 Å². The maximum absolute atomic E-state index is 4.63. The molecule has 0 fully saturated rings. The first kappa shape index (κ1) is 16.2. The highest BCUT2D eigenvalue weighted by atomic mass is 79.9. The molecule has 0 saturated carbocycles. The van der Waals surface area contributed by atoms with Crippen LogP contribution in [0.2, 0.25) is 0 Å². The van der Waals surface area contributed by atoms with Gasteiger partial charge in [0, 0.05) is 29.3 Å². The molecule has 0 aliphatic carbocycles. The summed E-state index contributed by atoms with van der Waals surface area (Å²) in [6.45, 7) is 8.21. The molecule has 2 heterocycles. The van der Waals surface area contributed by atoms with Gasteiger partial charge >= 0.3 is 0 Å². The third kappa shape index (κ3) is 3.92. The summed E-state index contributed by atoms with van der Waals surface area (Å²) >= 11 is 3.61. The number of halogens is 1. The van der Waals surface area contributed by atoms with Crippen molar-refractivity contribution in [2.75, 3.05) is 6.54 Å². The van der Waals surface area contributed by atoms with Crippen LogP contribution in [0.1, 0.15) is 43.9 Å². The molecular weight excluding hydrogens is 328 g/mol. The smallest absolute Gasteiger partial charge is 0.0718 e. The van der Waals surface area contributed by atoms with Crippen LogP contribution in [0.5, 0.6) is 0 Å². The molecule has 0 radical (unpaired) electrons. The second kappa shape index (κ2) is 7.71. The zero-order valence-electron chi connectivity index (χ0n) is 12.9. The first-order valence-electron chi connectivity index (χ1n) is 7.58. The summed E-state index contributed by atoms with van der Waals surface area (Å²) in [7, 11) is 0. The van der Waals surface area contributed by atoms with Crippen LogP contribution >= 0.6 is 15.9 Å². The summed E-state index contributed by atoms with van der Waals surface area (Å²) in [5.41, 5.74) is 3.47. The number of aryl methyl sites for hydroxylation is 2. The molecule has 21 heavy (non-hydrogen) atoms. The Kier molecular flexibility index (Phi) is 5.94. The van der Waals surface area contributed by atoms with E-state index in [4.69, 9.17) is 0 Å². The van der Waals surface area contributed by atoms with Crippen molar-refractivity contribution in [1.82, 2.24) is 20.1 Å². The fourth-order valence-corrected chi connectivity index (χ4v) is 3.03. The molecule has 4 nitrogen and oxygen atoms in total. The largest absolute Gasteiger partial charge is 0.309 e. The predicted octanol–water partition coefficient (Wildman–Crippen LogP) is 3.52. The van der Waals surface area contributed by atoms with Crippen LogP contribution in [0.15, 0.2) is 28.9 Å². The molecule has 0 bridgehead atoms. The topological polar surface area (TPSA) is 42.7 Å². The van der Waals surface area contributed by atoms with E-state index in [0.29, 0.717) is 0 Å². The van der Waals surface area contributed by atoms with Crippen LogP contribution in [0.25, 0.3) is 0 Å². The molecule has 5 heteroatoms. The van der Waals surface area contributed by atoms with Gasteiger partial charge in [0.1, 0.15) is 0 Å². The Morgan fingerprint density at radius 2 is 2.14 bits per heavy atom. The molecule has 0 aromatic carbocycles. The van der Waals surface area contributed by atoms with Crippen molar-refractivity contribution in [3.8, 4) is 0 Å². The van der Waals surface area contributed by atoms with E-state index in [1.54, 1.807) is 0 Å². The molecule has 0 aliphatic heterocycles. The number of nitrogens with zero attached hydrogens (tertiary/aromatic N) is 3. The zero-order chi connectivity index (χ0) is 15.2. The maximum Gasteiger partial charge on any atom is 0.0718 e. The fourth-order valence-electron chi connectivity index (χ4n) is 2.50. The lowest BCUT2D eigenvalue weighted by atomic mass is 10.1. The van der Waals surface area contributed by atoms with Crippen molar-refractivity contribution in [3.05, 3.63) is 46.0 Å². The first-order valence-corrected chi connectivity index (χ1v) is 8.38. The molecule has 0 aliphatic rings. The highest BCUT2D eigenvalue weighted by Crippen LogP contribution is 2.24. The highest BCUT2D eigenvalue weighted by molar-refractivity contribution is 9.10. The van der Waals surface area contributed by atoms with E-state index in [-0.39, 0.29) is 6.04 Å². The number of pyridine rings is 1. The van der Waals surface area contributed by atoms with Gasteiger partial charge in [-0.25, -0.2) is 0 Å². The Bertz CT molecular complexity index is 579. The average molecular weight is 351 g/mol. The molecule has 1 N–H and O–H groups in total. The van der Waals surface area contributed by atoms with Crippen molar-refractivity contribution in [3.63, 3.8) is 0 Å². The minimum absolute atomic E-state index is 0.192. The van der Waals surface area contributed by atoms with Crippen LogP contribution in [-0.4, -0.2) is 21.3 Å². The monoisotopic (exact) mass is 350 g/mol. The van der Waals surface area contributed by atoms with Gasteiger partial charge in [0.2, 0.25) is 0 Å². The van der Waals surface area contributed by atoms with Gasteiger partial charge in [-0.2, -0.15) is 5.10 Å². The molecule has 0 amide bonds. The van der Waals surface area contributed by atoms with Gasteiger partial charge in [0.05, 0.1) is 17.4 Å². The van der Waals surface area contributed by atoms with E-state index in [2.05, 4.69) is 62.8 Å². The van der Waals surface area contributed by atoms with Gasteiger partial charge in [-0.05, 0) is 54.0 Å². The zero-order valence-corrected chi connectivity index (χ0v) is 14.5. The second-order valence-corrected chi connectivity index (χ2v) is 5.84. The molecule has 2 aromatic heterocycles. The molecule has 1 atom stereocenters. The highest BCUT2D eigenvalue weighted by Gasteiger charge is 2.18. The predicted molar refractivity (Wildman–Crippen MR) is 89.3 cm³/mol. The van der Waals surface area contributed by atoms with Crippen molar-refractivity contribution in [2.45, 2.75) is 46.2 Å². The average Bonchev–Trinajstić information content (AvgIpc) is 2.89. The van der Waals surface area contributed by atoms with Crippen LogP contribution < -0.4 is 5.32 Å². The van der Waals surface area contributed by atoms with Gasteiger partial charge in [-0.15, -0.1) is 0 Å². The van der Waals surface area contributed by atoms with E-state index in [9.17, 15) is 0 Å². The van der Waals surface area contributed by atoms with Gasteiger partial charge in [0.15, 0.2) is 0 Å². The Hall–Kier alpha value is -1.20. The summed E-state index contributed by atoms with van der Waals surface area (Å²) < 4.78 is 3.15. The lowest BCUT2D eigenvalue weighted by Gasteiger charge is -2.19. The maximum atomic E-state index is 4.63. The van der Waals surface area contributed by atoms with Crippen LogP contribution in [0.3, 0.4) is 0 Å². The number of aromatic nitrogens is 3.